The molecule has 0 fully saturated rings. The number of aromatic nitrogens is 1. The molecule has 0 radical (unpaired) electrons. The van der Waals surface area contributed by atoms with Crippen molar-refractivity contribution in [1.29, 1.82) is 0 Å². The Morgan fingerprint density at radius 3 is 3.08 bits per heavy atom. The molecule has 0 spiro atoms. The summed E-state index contributed by atoms with van der Waals surface area (Å²) in [7, 11) is 1.88. The number of fused-ring (bicyclic) bond motifs is 1. The molecule has 13 heavy (non-hydrogen) atoms. The Bertz CT molecular complexity index is 362. The van der Waals surface area contributed by atoms with Crippen LogP contribution in [0, 0.1) is 6.92 Å². The van der Waals surface area contributed by atoms with Crippen molar-refractivity contribution in [3.8, 4) is 0 Å². The molecule has 0 atom stereocenters. The number of nitrogens with zero attached hydrogens (tertiary/aromatic N) is 2. The number of hydrogen-bond donors (Lipinski definition) is 1. The summed E-state index contributed by atoms with van der Waals surface area (Å²) in [4.78, 5) is 17.3. The quantitative estimate of drug-likeness (QED) is 0.637. The van der Waals surface area contributed by atoms with E-state index >= 15 is 0 Å². The van der Waals surface area contributed by atoms with E-state index in [2.05, 4.69) is 10.3 Å². The molecule has 68 valence electrons. The Hall–Kier alpha value is -1.58. The number of anilines is 2. The zero-order valence-corrected chi connectivity index (χ0v) is 7.66. The topological polar surface area (TPSA) is 45.2 Å². The van der Waals surface area contributed by atoms with E-state index in [1.54, 1.807) is 0 Å². The Balaban J connectivity index is 2.49. The highest BCUT2D eigenvalue weighted by molar-refractivity contribution is 5.99. The van der Waals surface area contributed by atoms with E-state index in [1.165, 1.54) is 0 Å². The van der Waals surface area contributed by atoms with Crippen LogP contribution in [-0.2, 0) is 4.79 Å². The molecule has 0 saturated carbocycles. The van der Waals surface area contributed by atoms with Crippen LogP contribution in [-0.4, -0.2) is 24.5 Å². The van der Waals surface area contributed by atoms with Gasteiger partial charge in [0.05, 0.1) is 12.2 Å². The van der Waals surface area contributed by atoms with Crippen LogP contribution in [0.25, 0.3) is 0 Å². The highest BCUT2D eigenvalue weighted by Gasteiger charge is 2.19. The first kappa shape index (κ1) is 8.04. The van der Waals surface area contributed by atoms with Gasteiger partial charge in [0, 0.05) is 12.7 Å². The third-order valence-electron chi connectivity index (χ3n) is 2.06. The predicted octanol–water partition coefficient (Wildman–Crippen LogP) is 0.778. The van der Waals surface area contributed by atoms with Crippen LogP contribution < -0.4 is 10.2 Å². The van der Waals surface area contributed by atoms with Crippen LogP contribution >= 0.6 is 0 Å². The van der Waals surface area contributed by atoms with Gasteiger partial charge in [0.25, 0.3) is 0 Å². The number of carbonyl (C=O) groups is 1. The lowest BCUT2D eigenvalue weighted by Crippen LogP contribution is -2.35. The first-order valence-corrected chi connectivity index (χ1v) is 4.15. The van der Waals surface area contributed by atoms with Gasteiger partial charge in [-0.1, -0.05) is 0 Å². The number of pyridine rings is 1. The van der Waals surface area contributed by atoms with Gasteiger partial charge in [-0.25, -0.2) is 4.98 Å². The molecule has 0 bridgehead atoms. The molecule has 4 nitrogen and oxygen atoms in total. The average molecular weight is 177 g/mol. The van der Waals surface area contributed by atoms with E-state index in [-0.39, 0.29) is 5.91 Å². The second kappa shape index (κ2) is 2.73. The lowest BCUT2D eigenvalue weighted by atomic mass is 10.2. The number of likely N-dealkylation sites (N-methyl/N-ethyl adjacent to an activating group) is 1. The molecule has 0 saturated heterocycles. The lowest BCUT2D eigenvalue weighted by Gasteiger charge is -2.26. The maximum absolute atomic E-state index is 11.2. The highest BCUT2D eigenvalue weighted by Crippen LogP contribution is 2.25. The molecule has 2 heterocycles. The Kier molecular flexibility index (Phi) is 1.69. The van der Waals surface area contributed by atoms with Gasteiger partial charge >= 0.3 is 0 Å². The Morgan fingerprint density at radius 2 is 2.31 bits per heavy atom. The molecule has 2 rings (SSSR count). The number of hydrogen-bond acceptors (Lipinski definition) is 3. The van der Waals surface area contributed by atoms with E-state index in [1.807, 2.05) is 31.0 Å². The molecule has 1 aliphatic rings. The minimum absolute atomic E-state index is 0.00639. The van der Waals surface area contributed by atoms with Gasteiger partial charge in [0.15, 0.2) is 5.82 Å². The highest BCUT2D eigenvalue weighted by atomic mass is 16.2. The van der Waals surface area contributed by atoms with Gasteiger partial charge < -0.3 is 10.2 Å². The predicted molar refractivity (Wildman–Crippen MR) is 50.9 cm³/mol. The normalized spacial score (nSPS) is 15.2. The second-order valence-corrected chi connectivity index (χ2v) is 3.22. The fourth-order valence-electron chi connectivity index (χ4n) is 1.42. The monoisotopic (exact) mass is 177 g/mol. The molecule has 1 N–H and O–H groups in total. The van der Waals surface area contributed by atoms with Crippen molar-refractivity contribution in [2.24, 2.45) is 0 Å². The number of carbonyl (C=O) groups excluding carboxylic acids is 1. The zero-order chi connectivity index (χ0) is 9.42. The molecule has 0 unspecified atom stereocenters. The summed E-state index contributed by atoms with van der Waals surface area (Å²) >= 11 is 0. The second-order valence-electron chi connectivity index (χ2n) is 3.22. The molecule has 0 aliphatic carbocycles. The van der Waals surface area contributed by atoms with E-state index < -0.39 is 0 Å². The van der Waals surface area contributed by atoms with Crippen LogP contribution in [0.1, 0.15) is 5.69 Å². The lowest BCUT2D eigenvalue weighted by molar-refractivity contribution is -0.115. The third-order valence-corrected chi connectivity index (χ3v) is 2.06. The van der Waals surface area contributed by atoms with Gasteiger partial charge in [-0.3, -0.25) is 4.79 Å². The summed E-state index contributed by atoms with van der Waals surface area (Å²) < 4.78 is 0. The van der Waals surface area contributed by atoms with Gasteiger partial charge in [-0.2, -0.15) is 0 Å². The van der Waals surface area contributed by atoms with Crippen LogP contribution in [0.2, 0.25) is 0 Å². The molecular weight excluding hydrogens is 166 g/mol. The zero-order valence-electron chi connectivity index (χ0n) is 7.66. The number of aryl methyl sites for hydroxylation is 1. The van der Waals surface area contributed by atoms with Gasteiger partial charge in [-0.05, 0) is 19.1 Å². The SMILES string of the molecule is Cc1ccc2c(n1)NC(=O)CN2C. The summed E-state index contributed by atoms with van der Waals surface area (Å²) in [6, 6.07) is 3.91. The molecular formula is C9H11N3O. The van der Waals surface area contributed by atoms with Crippen molar-refractivity contribution < 1.29 is 4.79 Å². The standard InChI is InChI=1S/C9H11N3O/c1-6-3-4-7-9(10-6)11-8(13)5-12(7)2/h3-4H,5H2,1-2H3,(H,10,11,13). The third kappa shape index (κ3) is 1.35. The molecule has 1 aromatic rings. The molecule has 1 aliphatic heterocycles. The van der Waals surface area contributed by atoms with Gasteiger partial charge in [0.1, 0.15) is 0 Å². The fourth-order valence-corrected chi connectivity index (χ4v) is 1.42. The minimum atomic E-state index is -0.00639. The number of nitrogens with one attached hydrogen (secondary N) is 1. The van der Waals surface area contributed by atoms with Crippen LogP contribution in [0.15, 0.2) is 12.1 Å². The van der Waals surface area contributed by atoms with Crippen molar-refractivity contribution in [3.05, 3.63) is 17.8 Å². The van der Waals surface area contributed by atoms with Crippen LogP contribution in [0.3, 0.4) is 0 Å². The van der Waals surface area contributed by atoms with Gasteiger partial charge in [-0.15, -0.1) is 0 Å². The first-order chi connectivity index (χ1) is 6.16. The smallest absolute Gasteiger partial charge is 0.245 e. The van der Waals surface area contributed by atoms with E-state index in [0.717, 1.165) is 11.4 Å². The maximum Gasteiger partial charge on any atom is 0.245 e. The number of amides is 1. The van der Waals surface area contributed by atoms with E-state index in [9.17, 15) is 4.79 Å². The summed E-state index contributed by atoms with van der Waals surface area (Å²) in [6.45, 7) is 2.30. The molecule has 0 aromatic carbocycles. The minimum Gasteiger partial charge on any atom is -0.362 e. The van der Waals surface area contributed by atoms with Gasteiger partial charge in [0.2, 0.25) is 5.91 Å². The summed E-state index contributed by atoms with van der Waals surface area (Å²) in [5, 5.41) is 2.74. The summed E-state index contributed by atoms with van der Waals surface area (Å²) in [5.41, 5.74) is 1.89. The largest absolute Gasteiger partial charge is 0.362 e. The van der Waals surface area contributed by atoms with Crippen molar-refractivity contribution in [1.82, 2.24) is 4.98 Å². The molecule has 4 heteroatoms. The van der Waals surface area contributed by atoms with Crippen molar-refractivity contribution >= 4 is 17.4 Å². The Morgan fingerprint density at radius 1 is 1.54 bits per heavy atom. The summed E-state index contributed by atoms with van der Waals surface area (Å²) in [5.74, 6) is 0.659. The molecule has 1 amide bonds. The fraction of sp³-hybridized carbons (Fsp3) is 0.333. The van der Waals surface area contributed by atoms with Crippen molar-refractivity contribution in [2.45, 2.75) is 6.92 Å². The van der Waals surface area contributed by atoms with Crippen molar-refractivity contribution in [2.75, 3.05) is 23.8 Å². The molecule has 1 aromatic heterocycles. The van der Waals surface area contributed by atoms with Crippen LogP contribution in [0.5, 0.6) is 0 Å². The Labute approximate surface area is 76.6 Å². The van der Waals surface area contributed by atoms with E-state index in [0.29, 0.717) is 12.4 Å². The maximum atomic E-state index is 11.2. The van der Waals surface area contributed by atoms with Crippen molar-refractivity contribution in [3.63, 3.8) is 0 Å². The average Bonchev–Trinajstić information content (AvgIpc) is 2.02. The summed E-state index contributed by atoms with van der Waals surface area (Å²) in [6.07, 6.45) is 0. The van der Waals surface area contributed by atoms with E-state index in [4.69, 9.17) is 0 Å². The first-order valence-electron chi connectivity index (χ1n) is 4.15. The number of rotatable bonds is 0. The van der Waals surface area contributed by atoms with Crippen LogP contribution in [0.4, 0.5) is 11.5 Å².